The normalized spacial score (nSPS) is 12.3. The molecule has 0 aliphatic carbocycles. The Morgan fingerprint density at radius 3 is 2.91 bits per heavy atom. The molecular formula is C14H15N5O2S. The summed E-state index contributed by atoms with van der Waals surface area (Å²) >= 11 is 1.38. The molecule has 0 radical (unpaired) electrons. The number of aromatic nitrogens is 4. The molecule has 3 heterocycles. The predicted molar refractivity (Wildman–Crippen MR) is 82.7 cm³/mol. The first-order valence-electron chi connectivity index (χ1n) is 6.72. The second-order valence-electron chi connectivity index (χ2n) is 4.91. The van der Waals surface area contributed by atoms with E-state index in [-0.39, 0.29) is 5.91 Å². The van der Waals surface area contributed by atoms with Crippen LogP contribution in [0, 0.1) is 13.8 Å². The van der Waals surface area contributed by atoms with Crippen molar-refractivity contribution in [2.75, 3.05) is 5.32 Å². The topological polar surface area (TPSA) is 85.8 Å². The highest BCUT2D eigenvalue weighted by molar-refractivity contribution is 7.14. The minimum absolute atomic E-state index is 0.188. The Kier molecular flexibility index (Phi) is 3.76. The quantitative estimate of drug-likeness (QED) is 0.799. The number of nitrogens with one attached hydrogen (secondary N) is 1. The van der Waals surface area contributed by atoms with Gasteiger partial charge in [0, 0.05) is 10.9 Å². The van der Waals surface area contributed by atoms with Crippen LogP contribution in [0.5, 0.6) is 0 Å². The van der Waals surface area contributed by atoms with E-state index in [4.69, 9.17) is 4.42 Å². The van der Waals surface area contributed by atoms with Crippen molar-refractivity contribution >= 4 is 22.4 Å². The van der Waals surface area contributed by atoms with Crippen molar-refractivity contribution in [1.29, 1.82) is 0 Å². The minimum atomic E-state index is -0.451. The first kappa shape index (κ1) is 14.5. The first-order chi connectivity index (χ1) is 10.5. The van der Waals surface area contributed by atoms with E-state index >= 15 is 0 Å². The standard InChI is InChI=1S/C14H15N5O2S/c1-8-4-11(10(3)21-8)12-5-22-14(17-12)18-13(20)9(2)19-7-15-6-16-19/h4-7,9H,1-3H3,(H,17,18,20)/t9-/m1/s1. The van der Waals surface area contributed by atoms with E-state index in [0.717, 1.165) is 22.8 Å². The molecule has 0 aliphatic heterocycles. The highest BCUT2D eigenvalue weighted by Gasteiger charge is 2.18. The molecule has 7 nitrogen and oxygen atoms in total. The molecule has 1 amide bonds. The summed E-state index contributed by atoms with van der Waals surface area (Å²) in [6.45, 7) is 5.54. The van der Waals surface area contributed by atoms with Crippen molar-refractivity contribution in [3.8, 4) is 11.3 Å². The van der Waals surface area contributed by atoms with Crippen molar-refractivity contribution in [2.45, 2.75) is 26.8 Å². The maximum atomic E-state index is 12.2. The molecule has 1 atom stereocenters. The summed E-state index contributed by atoms with van der Waals surface area (Å²) in [6, 6.07) is 1.49. The summed E-state index contributed by atoms with van der Waals surface area (Å²) in [5, 5.41) is 9.20. The average molecular weight is 317 g/mol. The fourth-order valence-corrected chi connectivity index (χ4v) is 2.80. The van der Waals surface area contributed by atoms with E-state index < -0.39 is 6.04 Å². The third-order valence-corrected chi connectivity index (χ3v) is 4.02. The van der Waals surface area contributed by atoms with Crippen LogP contribution in [0.25, 0.3) is 11.3 Å². The van der Waals surface area contributed by atoms with Crippen LogP contribution in [0.4, 0.5) is 5.13 Å². The van der Waals surface area contributed by atoms with E-state index in [9.17, 15) is 4.79 Å². The fraction of sp³-hybridized carbons (Fsp3) is 0.286. The zero-order chi connectivity index (χ0) is 15.7. The second-order valence-corrected chi connectivity index (χ2v) is 5.76. The van der Waals surface area contributed by atoms with Gasteiger partial charge in [0.05, 0.1) is 5.69 Å². The van der Waals surface area contributed by atoms with E-state index in [0.29, 0.717) is 5.13 Å². The zero-order valence-electron chi connectivity index (χ0n) is 12.4. The molecular weight excluding hydrogens is 302 g/mol. The van der Waals surface area contributed by atoms with Gasteiger partial charge in [-0.2, -0.15) is 5.10 Å². The van der Waals surface area contributed by atoms with Crippen molar-refractivity contribution < 1.29 is 9.21 Å². The molecule has 3 aromatic heterocycles. The SMILES string of the molecule is Cc1cc(-c2csc(NC(=O)[C@@H](C)n3cncn3)n2)c(C)o1. The Hall–Kier alpha value is -2.48. The number of thiazole rings is 1. The molecule has 0 aliphatic rings. The number of nitrogens with zero attached hydrogens (tertiary/aromatic N) is 4. The van der Waals surface area contributed by atoms with Crippen molar-refractivity contribution in [3.63, 3.8) is 0 Å². The van der Waals surface area contributed by atoms with Crippen molar-refractivity contribution in [3.05, 3.63) is 35.6 Å². The summed E-state index contributed by atoms with van der Waals surface area (Å²) in [5.74, 6) is 1.47. The lowest BCUT2D eigenvalue weighted by molar-refractivity contribution is -0.119. The molecule has 0 bridgehead atoms. The molecule has 1 N–H and O–H groups in total. The minimum Gasteiger partial charge on any atom is -0.466 e. The Morgan fingerprint density at radius 1 is 1.45 bits per heavy atom. The third-order valence-electron chi connectivity index (χ3n) is 3.26. The van der Waals surface area contributed by atoms with Crippen LogP contribution in [0.3, 0.4) is 0 Å². The van der Waals surface area contributed by atoms with Gasteiger partial charge in [0.25, 0.3) is 5.91 Å². The van der Waals surface area contributed by atoms with Gasteiger partial charge in [-0.3, -0.25) is 4.79 Å². The average Bonchev–Trinajstić information content (AvgIpc) is 3.19. The Bertz CT molecular complexity index is 790. The number of aryl methyl sites for hydroxylation is 2. The van der Waals surface area contributed by atoms with Crippen LogP contribution in [0.1, 0.15) is 24.5 Å². The number of carbonyl (C=O) groups is 1. The largest absolute Gasteiger partial charge is 0.466 e. The van der Waals surface area contributed by atoms with Crippen molar-refractivity contribution in [2.24, 2.45) is 0 Å². The fourth-order valence-electron chi connectivity index (χ4n) is 2.09. The van der Waals surface area contributed by atoms with Gasteiger partial charge in [0.2, 0.25) is 0 Å². The maximum absolute atomic E-state index is 12.2. The molecule has 0 saturated heterocycles. The molecule has 8 heteroatoms. The van der Waals surface area contributed by atoms with Gasteiger partial charge in [-0.1, -0.05) is 0 Å². The molecule has 114 valence electrons. The van der Waals surface area contributed by atoms with E-state index in [2.05, 4.69) is 20.4 Å². The maximum Gasteiger partial charge on any atom is 0.250 e. The third kappa shape index (κ3) is 2.77. The van der Waals surface area contributed by atoms with Gasteiger partial charge >= 0.3 is 0 Å². The zero-order valence-corrected chi connectivity index (χ0v) is 13.2. The van der Waals surface area contributed by atoms with E-state index in [1.165, 1.54) is 28.7 Å². The van der Waals surface area contributed by atoms with Gasteiger partial charge in [-0.25, -0.2) is 14.6 Å². The molecule has 0 unspecified atom stereocenters. The number of anilines is 1. The van der Waals surface area contributed by atoms with E-state index in [1.807, 2.05) is 25.3 Å². The molecule has 3 aromatic rings. The van der Waals surface area contributed by atoms with Crippen LogP contribution < -0.4 is 5.32 Å². The second kappa shape index (κ2) is 5.72. The van der Waals surface area contributed by atoms with Gasteiger partial charge in [0.15, 0.2) is 5.13 Å². The Balaban J connectivity index is 1.74. The number of hydrogen-bond acceptors (Lipinski definition) is 6. The lowest BCUT2D eigenvalue weighted by Crippen LogP contribution is -2.23. The summed E-state index contributed by atoms with van der Waals surface area (Å²) in [4.78, 5) is 20.5. The van der Waals surface area contributed by atoms with Crippen LogP contribution in [-0.4, -0.2) is 25.7 Å². The van der Waals surface area contributed by atoms with Gasteiger partial charge in [-0.15, -0.1) is 11.3 Å². The summed E-state index contributed by atoms with van der Waals surface area (Å²) in [5.41, 5.74) is 1.74. The summed E-state index contributed by atoms with van der Waals surface area (Å²) < 4.78 is 7.00. The van der Waals surface area contributed by atoms with Crippen LogP contribution in [-0.2, 0) is 4.79 Å². The van der Waals surface area contributed by atoms with Crippen LogP contribution in [0.2, 0.25) is 0 Å². The first-order valence-corrected chi connectivity index (χ1v) is 7.60. The highest BCUT2D eigenvalue weighted by Crippen LogP contribution is 2.29. The summed E-state index contributed by atoms with van der Waals surface area (Å²) in [7, 11) is 0. The highest BCUT2D eigenvalue weighted by atomic mass is 32.1. The lowest BCUT2D eigenvalue weighted by atomic mass is 10.2. The van der Waals surface area contributed by atoms with Crippen molar-refractivity contribution in [1.82, 2.24) is 19.7 Å². The van der Waals surface area contributed by atoms with Crippen LogP contribution >= 0.6 is 11.3 Å². The van der Waals surface area contributed by atoms with Gasteiger partial charge < -0.3 is 9.73 Å². The number of amides is 1. The molecule has 0 aromatic carbocycles. The number of furan rings is 1. The Morgan fingerprint density at radius 2 is 2.27 bits per heavy atom. The smallest absolute Gasteiger partial charge is 0.250 e. The summed E-state index contributed by atoms with van der Waals surface area (Å²) in [6.07, 6.45) is 2.91. The van der Waals surface area contributed by atoms with Gasteiger partial charge in [-0.05, 0) is 26.8 Å². The Labute approximate surface area is 131 Å². The number of rotatable bonds is 4. The molecule has 0 saturated carbocycles. The molecule has 3 rings (SSSR count). The van der Waals surface area contributed by atoms with Crippen LogP contribution in [0.15, 0.2) is 28.5 Å². The van der Waals surface area contributed by atoms with E-state index in [1.54, 1.807) is 6.92 Å². The number of hydrogen-bond donors (Lipinski definition) is 1. The predicted octanol–water partition coefficient (Wildman–Crippen LogP) is 2.81. The molecule has 0 fully saturated rings. The monoisotopic (exact) mass is 317 g/mol. The molecule has 0 spiro atoms. The number of carbonyl (C=O) groups excluding carboxylic acids is 1. The molecule has 22 heavy (non-hydrogen) atoms. The lowest BCUT2D eigenvalue weighted by Gasteiger charge is -2.09. The van der Waals surface area contributed by atoms with Gasteiger partial charge in [0.1, 0.15) is 30.2 Å².